The Kier molecular flexibility index (Phi) is 8.46. The smallest absolute Gasteiger partial charge is 0.160 e. The molecular weight excluding hydrogens is 757 g/mol. The number of hydrogen-bond acceptors (Lipinski definition) is 4. The molecule has 12 rings (SSSR count). The lowest BCUT2D eigenvalue weighted by atomic mass is 9.93. The molecule has 4 nitrogen and oxygen atoms in total. The number of benzene rings is 9. The third-order valence-electron chi connectivity index (χ3n) is 11.9. The maximum absolute atomic E-state index is 6.61. The van der Waals surface area contributed by atoms with Gasteiger partial charge in [0.25, 0.3) is 0 Å². The molecule has 0 saturated carbocycles. The van der Waals surface area contributed by atoms with Crippen molar-refractivity contribution in [3.05, 3.63) is 218 Å². The predicted octanol–water partition coefficient (Wildman–Crippen LogP) is 15.9. The van der Waals surface area contributed by atoms with Crippen molar-refractivity contribution in [3.63, 3.8) is 0 Å². The van der Waals surface area contributed by atoms with Crippen LogP contribution in [0.3, 0.4) is 0 Å². The molecule has 3 heterocycles. The lowest BCUT2D eigenvalue weighted by molar-refractivity contribution is 0.670. The van der Waals surface area contributed by atoms with Gasteiger partial charge in [0, 0.05) is 49.4 Å². The second kappa shape index (κ2) is 14.7. The molecule has 0 N–H and O–H groups in total. The van der Waals surface area contributed by atoms with Crippen LogP contribution in [0.4, 0.5) is 0 Å². The molecule has 3 aromatic heterocycles. The molecule has 62 heavy (non-hydrogen) atoms. The summed E-state index contributed by atoms with van der Waals surface area (Å²) in [4.78, 5) is 10.7. The second-order valence-electron chi connectivity index (χ2n) is 15.7. The number of hydrogen-bond donors (Lipinski definition) is 0. The summed E-state index contributed by atoms with van der Waals surface area (Å²) in [6, 6.07) is 76.2. The molecule has 0 bridgehead atoms. The summed E-state index contributed by atoms with van der Waals surface area (Å²) in [6.45, 7) is 0. The molecule has 9 aromatic carbocycles. The Morgan fingerprint density at radius 1 is 0.258 bits per heavy atom. The molecule has 4 heteroatoms. The molecule has 12 aromatic rings. The Hall–Kier alpha value is -8.34. The third kappa shape index (κ3) is 6.25. The van der Waals surface area contributed by atoms with Gasteiger partial charge < -0.3 is 8.83 Å². The highest BCUT2D eigenvalue weighted by molar-refractivity contribution is 6.11. The van der Waals surface area contributed by atoms with Crippen molar-refractivity contribution in [1.82, 2.24) is 9.97 Å². The van der Waals surface area contributed by atoms with Crippen LogP contribution in [-0.4, -0.2) is 9.97 Å². The van der Waals surface area contributed by atoms with Crippen LogP contribution in [0, 0.1) is 0 Å². The average Bonchev–Trinajstić information content (AvgIpc) is 3.93. The zero-order valence-electron chi connectivity index (χ0n) is 33.5. The van der Waals surface area contributed by atoms with Gasteiger partial charge in [-0.15, -0.1) is 0 Å². The van der Waals surface area contributed by atoms with Crippen molar-refractivity contribution in [3.8, 4) is 78.4 Å². The van der Waals surface area contributed by atoms with Gasteiger partial charge in [-0.2, -0.15) is 0 Å². The highest BCUT2D eigenvalue weighted by Gasteiger charge is 2.19. The van der Waals surface area contributed by atoms with E-state index in [1.54, 1.807) is 0 Å². The van der Waals surface area contributed by atoms with Crippen molar-refractivity contribution < 1.29 is 8.83 Å². The van der Waals surface area contributed by atoms with Crippen LogP contribution in [0.15, 0.2) is 227 Å². The minimum Gasteiger partial charge on any atom is -0.455 e. The third-order valence-corrected chi connectivity index (χ3v) is 11.9. The van der Waals surface area contributed by atoms with E-state index in [2.05, 4.69) is 188 Å². The predicted molar refractivity (Wildman–Crippen MR) is 255 cm³/mol. The second-order valence-corrected chi connectivity index (χ2v) is 15.7. The fraction of sp³-hybridized carbons (Fsp3) is 0. The van der Waals surface area contributed by atoms with Crippen LogP contribution in [0.25, 0.3) is 122 Å². The van der Waals surface area contributed by atoms with Gasteiger partial charge in [-0.1, -0.05) is 176 Å². The molecule has 0 amide bonds. The first-order chi connectivity index (χ1) is 30.7. The first kappa shape index (κ1) is 35.6. The van der Waals surface area contributed by atoms with Gasteiger partial charge in [0.05, 0.1) is 11.4 Å². The van der Waals surface area contributed by atoms with Crippen LogP contribution in [0.5, 0.6) is 0 Å². The molecule has 0 aliphatic carbocycles. The number of aromatic nitrogens is 2. The largest absolute Gasteiger partial charge is 0.455 e. The van der Waals surface area contributed by atoms with E-state index >= 15 is 0 Å². The van der Waals surface area contributed by atoms with E-state index in [0.717, 1.165) is 105 Å². The summed E-state index contributed by atoms with van der Waals surface area (Å²) < 4.78 is 13.2. The van der Waals surface area contributed by atoms with Gasteiger partial charge in [0.15, 0.2) is 5.82 Å². The van der Waals surface area contributed by atoms with E-state index in [1.807, 2.05) is 30.3 Å². The standard InChI is InChI=1S/C58H36N2O2/c1-3-14-37(15-4-1)41-18-11-19-42(32-41)38-28-30-40(31-29-38)53-36-52(39-16-5-2-6-17-39)59-58(60-53)45-34-43(46-22-12-24-50-48-20-7-9-26-54(48)61-56(46)50)33-44(35-45)47-23-13-25-51-49-21-8-10-27-55(49)62-57(47)51/h1-36H. The van der Waals surface area contributed by atoms with Crippen LogP contribution in [-0.2, 0) is 0 Å². The molecule has 0 radical (unpaired) electrons. The Morgan fingerprint density at radius 2 is 0.645 bits per heavy atom. The van der Waals surface area contributed by atoms with Gasteiger partial charge in [-0.3, -0.25) is 0 Å². The van der Waals surface area contributed by atoms with E-state index in [9.17, 15) is 0 Å². The molecule has 290 valence electrons. The highest BCUT2D eigenvalue weighted by Crippen LogP contribution is 2.42. The van der Waals surface area contributed by atoms with Crippen molar-refractivity contribution in [2.24, 2.45) is 0 Å². The summed E-state index contributed by atoms with van der Waals surface area (Å²) in [6.07, 6.45) is 0. The fourth-order valence-electron chi connectivity index (χ4n) is 8.84. The summed E-state index contributed by atoms with van der Waals surface area (Å²) in [5.74, 6) is 0.623. The first-order valence-corrected chi connectivity index (χ1v) is 20.9. The number of furan rings is 2. The number of rotatable bonds is 7. The number of nitrogens with zero attached hydrogens (tertiary/aromatic N) is 2. The minimum atomic E-state index is 0.623. The zero-order chi connectivity index (χ0) is 41.0. The molecule has 0 aliphatic rings. The zero-order valence-corrected chi connectivity index (χ0v) is 33.5. The fourth-order valence-corrected chi connectivity index (χ4v) is 8.84. The van der Waals surface area contributed by atoms with Gasteiger partial charge >= 0.3 is 0 Å². The van der Waals surface area contributed by atoms with Crippen LogP contribution in [0.1, 0.15) is 0 Å². The normalized spacial score (nSPS) is 11.5. The molecular formula is C58H36N2O2. The average molecular weight is 793 g/mol. The van der Waals surface area contributed by atoms with Crippen LogP contribution in [0.2, 0.25) is 0 Å². The topological polar surface area (TPSA) is 52.1 Å². The first-order valence-electron chi connectivity index (χ1n) is 20.9. The van der Waals surface area contributed by atoms with Gasteiger partial charge in [-0.25, -0.2) is 9.97 Å². The monoisotopic (exact) mass is 792 g/mol. The number of para-hydroxylation sites is 4. The SMILES string of the molecule is c1ccc(-c2cccc(-c3ccc(-c4cc(-c5ccccc5)nc(-c5cc(-c6cccc7c6oc6ccccc67)cc(-c6cccc7c6oc6ccccc67)c5)n4)cc3)c2)cc1. The molecule has 0 atom stereocenters. The maximum atomic E-state index is 6.61. The summed E-state index contributed by atoms with van der Waals surface area (Å²) in [5, 5.41) is 4.33. The molecule has 0 saturated heterocycles. The summed E-state index contributed by atoms with van der Waals surface area (Å²) >= 11 is 0. The van der Waals surface area contributed by atoms with Crippen LogP contribution < -0.4 is 0 Å². The Labute approximate surface area is 358 Å². The van der Waals surface area contributed by atoms with E-state index < -0.39 is 0 Å². The Balaban J connectivity index is 1.04. The number of fused-ring (bicyclic) bond motifs is 6. The molecule has 0 fully saturated rings. The lowest BCUT2D eigenvalue weighted by Gasteiger charge is -2.14. The Bertz CT molecular complexity index is 3490. The maximum Gasteiger partial charge on any atom is 0.160 e. The van der Waals surface area contributed by atoms with Gasteiger partial charge in [0.2, 0.25) is 0 Å². The molecule has 0 unspecified atom stereocenters. The highest BCUT2D eigenvalue weighted by atomic mass is 16.3. The van der Waals surface area contributed by atoms with Crippen molar-refractivity contribution in [2.45, 2.75) is 0 Å². The minimum absolute atomic E-state index is 0.623. The Morgan fingerprint density at radius 3 is 1.21 bits per heavy atom. The van der Waals surface area contributed by atoms with Crippen molar-refractivity contribution >= 4 is 43.9 Å². The molecule has 0 spiro atoms. The molecule has 0 aliphatic heterocycles. The van der Waals surface area contributed by atoms with E-state index in [4.69, 9.17) is 18.8 Å². The van der Waals surface area contributed by atoms with E-state index in [0.29, 0.717) is 5.82 Å². The van der Waals surface area contributed by atoms with Crippen LogP contribution >= 0.6 is 0 Å². The van der Waals surface area contributed by atoms with Crippen molar-refractivity contribution in [2.75, 3.05) is 0 Å². The van der Waals surface area contributed by atoms with E-state index in [1.165, 1.54) is 11.1 Å². The van der Waals surface area contributed by atoms with E-state index in [-0.39, 0.29) is 0 Å². The quantitative estimate of drug-likeness (QED) is 0.161. The lowest BCUT2D eigenvalue weighted by Crippen LogP contribution is -1.97. The summed E-state index contributed by atoms with van der Waals surface area (Å²) in [5.41, 5.74) is 16.6. The van der Waals surface area contributed by atoms with Crippen molar-refractivity contribution in [1.29, 1.82) is 0 Å². The van der Waals surface area contributed by atoms with Gasteiger partial charge in [-0.05, 0) is 75.8 Å². The summed E-state index contributed by atoms with van der Waals surface area (Å²) in [7, 11) is 0. The van der Waals surface area contributed by atoms with Gasteiger partial charge in [0.1, 0.15) is 22.3 Å².